The second-order valence-electron chi connectivity index (χ2n) is 7.72. The summed E-state index contributed by atoms with van der Waals surface area (Å²) in [7, 11) is 0. The summed E-state index contributed by atoms with van der Waals surface area (Å²) in [4.78, 5) is 18.3. The third-order valence-corrected chi connectivity index (χ3v) is 6.49. The number of thiazole rings is 1. The molecule has 5 rings (SSSR count). The van der Waals surface area contributed by atoms with E-state index in [0.717, 1.165) is 44.6 Å². The van der Waals surface area contributed by atoms with E-state index in [-0.39, 0.29) is 5.91 Å². The Labute approximate surface area is 190 Å². The third-order valence-electron chi connectivity index (χ3n) is 5.60. The van der Waals surface area contributed by atoms with Crippen molar-refractivity contribution in [3.8, 4) is 16.9 Å². The highest BCUT2D eigenvalue weighted by Crippen LogP contribution is 2.24. The van der Waals surface area contributed by atoms with Crippen molar-refractivity contribution in [1.82, 2.24) is 24.5 Å². The van der Waals surface area contributed by atoms with Gasteiger partial charge in [0.25, 0.3) is 0 Å². The third kappa shape index (κ3) is 3.83. The van der Waals surface area contributed by atoms with Gasteiger partial charge in [0.05, 0.1) is 23.5 Å². The number of fused-ring (bicyclic) bond motifs is 1. The predicted molar refractivity (Wildman–Crippen MR) is 127 cm³/mol. The molecule has 3 heterocycles. The van der Waals surface area contributed by atoms with Gasteiger partial charge in [-0.3, -0.25) is 9.20 Å². The molecule has 0 saturated carbocycles. The average Bonchev–Trinajstić information content (AvgIpc) is 3.48. The Morgan fingerprint density at radius 2 is 1.75 bits per heavy atom. The van der Waals surface area contributed by atoms with Gasteiger partial charge in [0.1, 0.15) is 0 Å². The zero-order valence-electron chi connectivity index (χ0n) is 17.9. The first kappa shape index (κ1) is 20.2. The van der Waals surface area contributed by atoms with Gasteiger partial charge in [-0.2, -0.15) is 5.10 Å². The number of hydrogen-bond acceptors (Lipinski definition) is 4. The smallest absolute Gasteiger partial charge is 0.226 e. The lowest BCUT2D eigenvalue weighted by Crippen LogP contribution is -2.25. The number of aryl methyl sites for hydroxylation is 1. The molecule has 0 fully saturated rings. The number of para-hydroxylation sites is 1. The van der Waals surface area contributed by atoms with Crippen LogP contribution in [0.5, 0.6) is 0 Å². The van der Waals surface area contributed by atoms with Gasteiger partial charge in [0.15, 0.2) is 4.96 Å². The van der Waals surface area contributed by atoms with Crippen molar-refractivity contribution >= 4 is 22.2 Å². The van der Waals surface area contributed by atoms with Gasteiger partial charge in [-0.15, -0.1) is 11.3 Å². The fourth-order valence-corrected chi connectivity index (χ4v) is 4.74. The Kier molecular flexibility index (Phi) is 5.33. The molecule has 2 aromatic carbocycles. The van der Waals surface area contributed by atoms with Crippen LogP contribution in [0, 0.1) is 13.8 Å². The van der Waals surface area contributed by atoms with E-state index >= 15 is 0 Å². The molecule has 0 saturated heterocycles. The molecule has 0 aliphatic rings. The highest BCUT2D eigenvalue weighted by Gasteiger charge is 2.16. The van der Waals surface area contributed by atoms with Crippen molar-refractivity contribution in [2.75, 3.05) is 0 Å². The van der Waals surface area contributed by atoms with Crippen LogP contribution in [0.4, 0.5) is 0 Å². The van der Waals surface area contributed by atoms with Gasteiger partial charge in [-0.25, -0.2) is 9.67 Å². The molecule has 0 aliphatic heterocycles. The van der Waals surface area contributed by atoms with E-state index < -0.39 is 0 Å². The molecule has 0 radical (unpaired) electrons. The molecular formula is C25H23N5OS. The number of imidazole rings is 1. The van der Waals surface area contributed by atoms with Crippen molar-refractivity contribution in [2.45, 2.75) is 26.8 Å². The average molecular weight is 442 g/mol. The van der Waals surface area contributed by atoms with E-state index in [0.29, 0.717) is 13.0 Å². The summed E-state index contributed by atoms with van der Waals surface area (Å²) in [5.74, 6) is -0.0223. The summed E-state index contributed by atoms with van der Waals surface area (Å²) in [6.07, 6.45) is 2.30. The summed E-state index contributed by atoms with van der Waals surface area (Å²) >= 11 is 1.55. The number of nitrogens with one attached hydrogen (secondary N) is 1. The molecule has 1 N–H and O–H groups in total. The molecule has 5 aromatic rings. The Morgan fingerprint density at radius 1 is 1.03 bits per heavy atom. The molecule has 0 spiro atoms. The Bertz CT molecular complexity index is 1380. The van der Waals surface area contributed by atoms with E-state index in [1.54, 1.807) is 11.3 Å². The van der Waals surface area contributed by atoms with Crippen LogP contribution < -0.4 is 5.32 Å². The van der Waals surface area contributed by atoms with Gasteiger partial charge in [-0.05, 0) is 26.0 Å². The van der Waals surface area contributed by atoms with Crippen LogP contribution in [0.15, 0.2) is 72.2 Å². The Balaban J connectivity index is 1.29. The zero-order chi connectivity index (χ0) is 22.1. The minimum atomic E-state index is -0.0223. The first-order chi connectivity index (χ1) is 15.6. The van der Waals surface area contributed by atoms with Crippen LogP contribution in [0.2, 0.25) is 0 Å². The monoisotopic (exact) mass is 441 g/mol. The van der Waals surface area contributed by atoms with Gasteiger partial charge >= 0.3 is 0 Å². The van der Waals surface area contributed by atoms with Crippen LogP contribution in [0.25, 0.3) is 21.9 Å². The molecule has 3 aromatic heterocycles. The van der Waals surface area contributed by atoms with Crippen LogP contribution in [-0.4, -0.2) is 25.1 Å². The lowest BCUT2D eigenvalue weighted by Gasteiger charge is -2.07. The second kappa shape index (κ2) is 8.43. The minimum Gasteiger partial charge on any atom is -0.352 e. The molecule has 1 amide bonds. The predicted octanol–water partition coefficient (Wildman–Crippen LogP) is 4.72. The normalized spacial score (nSPS) is 11.2. The summed E-state index contributed by atoms with van der Waals surface area (Å²) in [6, 6.07) is 20.1. The Hall–Kier alpha value is -3.71. The standard InChI is InChI=1S/C25H23N5OS/c1-17-22(18(2)30(28-17)20-11-7-4-8-12-20)14-26-24(31)13-21-16-32-25-27-23(15-29(21)25)19-9-5-3-6-10-19/h3-12,15-16H,13-14H2,1-2H3,(H,26,31). The van der Waals surface area contributed by atoms with E-state index in [1.165, 1.54) is 0 Å². The number of rotatable bonds is 6. The highest BCUT2D eigenvalue weighted by molar-refractivity contribution is 7.15. The quantitative estimate of drug-likeness (QED) is 0.415. The lowest BCUT2D eigenvalue weighted by molar-refractivity contribution is -0.120. The first-order valence-corrected chi connectivity index (χ1v) is 11.4. The van der Waals surface area contributed by atoms with Crippen LogP contribution in [0.1, 0.15) is 22.6 Å². The fourth-order valence-electron chi connectivity index (χ4n) is 3.87. The minimum absolute atomic E-state index is 0.0223. The molecule has 7 heteroatoms. The number of carbonyl (C=O) groups excluding carboxylic acids is 1. The van der Waals surface area contributed by atoms with Crippen molar-refractivity contribution in [3.63, 3.8) is 0 Å². The van der Waals surface area contributed by atoms with E-state index in [2.05, 4.69) is 10.4 Å². The summed E-state index contributed by atoms with van der Waals surface area (Å²) in [6.45, 7) is 4.47. The van der Waals surface area contributed by atoms with Gasteiger partial charge in [-0.1, -0.05) is 48.5 Å². The number of carbonyl (C=O) groups is 1. The maximum Gasteiger partial charge on any atom is 0.226 e. The van der Waals surface area contributed by atoms with E-state index in [9.17, 15) is 4.79 Å². The molecule has 0 bridgehead atoms. The topological polar surface area (TPSA) is 64.2 Å². The molecule has 160 valence electrons. The number of amides is 1. The van der Waals surface area contributed by atoms with Crippen molar-refractivity contribution in [2.24, 2.45) is 0 Å². The molecular weight excluding hydrogens is 418 g/mol. The van der Waals surface area contributed by atoms with Gasteiger partial charge in [0.2, 0.25) is 5.91 Å². The molecule has 0 unspecified atom stereocenters. The van der Waals surface area contributed by atoms with E-state index in [4.69, 9.17) is 4.98 Å². The molecule has 0 aliphatic carbocycles. The van der Waals surface area contributed by atoms with Gasteiger partial charge in [0, 0.05) is 40.6 Å². The maximum absolute atomic E-state index is 12.7. The second-order valence-corrected chi connectivity index (χ2v) is 8.56. The largest absolute Gasteiger partial charge is 0.352 e. The summed E-state index contributed by atoms with van der Waals surface area (Å²) in [5.41, 5.74) is 6.94. The zero-order valence-corrected chi connectivity index (χ0v) is 18.8. The van der Waals surface area contributed by atoms with Crippen LogP contribution in [0.3, 0.4) is 0 Å². The van der Waals surface area contributed by atoms with Crippen molar-refractivity contribution < 1.29 is 4.79 Å². The van der Waals surface area contributed by atoms with Crippen LogP contribution in [-0.2, 0) is 17.8 Å². The lowest BCUT2D eigenvalue weighted by atomic mass is 10.2. The summed E-state index contributed by atoms with van der Waals surface area (Å²) in [5, 5.41) is 9.73. The van der Waals surface area contributed by atoms with Crippen molar-refractivity contribution in [3.05, 3.63) is 94.9 Å². The maximum atomic E-state index is 12.7. The number of nitrogens with zero attached hydrogens (tertiary/aromatic N) is 4. The molecule has 6 nitrogen and oxygen atoms in total. The number of aromatic nitrogens is 4. The van der Waals surface area contributed by atoms with Gasteiger partial charge < -0.3 is 5.32 Å². The number of benzene rings is 2. The Morgan fingerprint density at radius 3 is 2.50 bits per heavy atom. The van der Waals surface area contributed by atoms with E-state index in [1.807, 2.05) is 95.2 Å². The van der Waals surface area contributed by atoms with Crippen LogP contribution >= 0.6 is 11.3 Å². The van der Waals surface area contributed by atoms with Crippen molar-refractivity contribution in [1.29, 1.82) is 0 Å². The SMILES string of the molecule is Cc1nn(-c2ccccc2)c(C)c1CNC(=O)Cc1csc2nc(-c3ccccc3)cn12. The summed E-state index contributed by atoms with van der Waals surface area (Å²) < 4.78 is 3.94. The fraction of sp³-hybridized carbons (Fsp3) is 0.160. The number of hydrogen-bond donors (Lipinski definition) is 1. The highest BCUT2D eigenvalue weighted by atomic mass is 32.1. The molecule has 32 heavy (non-hydrogen) atoms. The molecule has 0 atom stereocenters. The first-order valence-electron chi connectivity index (χ1n) is 10.5.